The van der Waals surface area contributed by atoms with Gasteiger partial charge in [-0.05, 0) is 42.9 Å². The van der Waals surface area contributed by atoms with E-state index in [4.69, 9.17) is 0 Å². The van der Waals surface area contributed by atoms with Crippen LogP contribution >= 0.6 is 0 Å². The maximum atomic E-state index is 2.40. The van der Waals surface area contributed by atoms with Crippen LogP contribution in [0.2, 0.25) is 0 Å². The molecule has 3 atom stereocenters. The summed E-state index contributed by atoms with van der Waals surface area (Å²) < 4.78 is 0. The van der Waals surface area contributed by atoms with Crippen LogP contribution < -0.4 is 0 Å². The Kier molecular flexibility index (Phi) is 1.74. The normalized spacial score (nSPS) is 48.5. The summed E-state index contributed by atoms with van der Waals surface area (Å²) >= 11 is 0. The lowest BCUT2D eigenvalue weighted by molar-refractivity contribution is -0.0329. The molecule has 0 spiro atoms. The molecule has 11 heavy (non-hydrogen) atoms. The van der Waals surface area contributed by atoms with Crippen molar-refractivity contribution in [2.75, 3.05) is 0 Å². The second kappa shape index (κ2) is 2.50. The lowest BCUT2D eigenvalue weighted by atomic mass is 9.52. The van der Waals surface area contributed by atoms with Gasteiger partial charge in [0, 0.05) is 0 Å². The molecule has 0 radical (unpaired) electrons. The number of hydrogen-bond acceptors (Lipinski definition) is 0. The molecule has 64 valence electrons. The van der Waals surface area contributed by atoms with Crippen LogP contribution in [0.1, 0.15) is 52.4 Å². The minimum absolute atomic E-state index is 0.842. The van der Waals surface area contributed by atoms with E-state index < -0.39 is 0 Å². The highest BCUT2D eigenvalue weighted by Crippen LogP contribution is 2.63. The van der Waals surface area contributed by atoms with E-state index in [2.05, 4.69) is 13.8 Å². The van der Waals surface area contributed by atoms with Crippen molar-refractivity contribution in [3.8, 4) is 0 Å². The van der Waals surface area contributed by atoms with Crippen molar-refractivity contribution in [3.05, 3.63) is 0 Å². The molecule has 2 saturated carbocycles. The molecule has 0 bridgehead atoms. The molecule has 2 fully saturated rings. The van der Waals surface area contributed by atoms with Gasteiger partial charge in [0.2, 0.25) is 0 Å². The van der Waals surface area contributed by atoms with Crippen LogP contribution in [0.3, 0.4) is 0 Å². The molecule has 0 N–H and O–H groups in total. The summed E-state index contributed by atoms with van der Waals surface area (Å²) in [4.78, 5) is 0. The van der Waals surface area contributed by atoms with Crippen molar-refractivity contribution in [1.82, 2.24) is 0 Å². The minimum atomic E-state index is 0.842. The maximum Gasteiger partial charge on any atom is -0.0243 e. The third kappa shape index (κ3) is 0.816. The summed E-state index contributed by atoms with van der Waals surface area (Å²) in [5.74, 6) is 2.23. The van der Waals surface area contributed by atoms with E-state index in [1.807, 2.05) is 0 Å². The van der Waals surface area contributed by atoms with Crippen LogP contribution in [-0.2, 0) is 0 Å². The zero-order valence-electron chi connectivity index (χ0n) is 7.90. The molecule has 0 aliphatic heterocycles. The summed E-state index contributed by atoms with van der Waals surface area (Å²) in [7, 11) is 0. The van der Waals surface area contributed by atoms with E-state index >= 15 is 0 Å². The van der Waals surface area contributed by atoms with Gasteiger partial charge in [0.05, 0.1) is 0 Å². The Bertz CT molecular complexity index is 150. The van der Waals surface area contributed by atoms with E-state index in [0.717, 1.165) is 17.3 Å². The predicted molar refractivity (Wildman–Crippen MR) is 48.5 cm³/mol. The van der Waals surface area contributed by atoms with Crippen molar-refractivity contribution in [1.29, 1.82) is 0 Å². The Hall–Kier alpha value is 0. The van der Waals surface area contributed by atoms with Crippen LogP contribution in [0.5, 0.6) is 0 Å². The molecule has 2 aliphatic carbocycles. The van der Waals surface area contributed by atoms with Gasteiger partial charge in [-0.2, -0.15) is 0 Å². The monoisotopic (exact) mass is 152 g/mol. The lowest BCUT2D eigenvalue weighted by Crippen LogP contribution is -2.44. The number of hydrogen-bond donors (Lipinski definition) is 0. The highest BCUT2D eigenvalue weighted by Gasteiger charge is 2.54. The molecule has 0 heterocycles. The van der Waals surface area contributed by atoms with E-state index in [1.54, 1.807) is 19.3 Å². The van der Waals surface area contributed by atoms with Gasteiger partial charge >= 0.3 is 0 Å². The van der Waals surface area contributed by atoms with E-state index in [1.165, 1.54) is 19.3 Å². The third-order valence-electron chi connectivity index (χ3n) is 4.54. The summed E-state index contributed by atoms with van der Waals surface area (Å²) in [5.41, 5.74) is 0.842. The van der Waals surface area contributed by atoms with Crippen molar-refractivity contribution < 1.29 is 0 Å². The van der Waals surface area contributed by atoms with Crippen LogP contribution in [0.4, 0.5) is 0 Å². The number of fused-ring (bicyclic) bond motifs is 1. The fourth-order valence-electron chi connectivity index (χ4n) is 3.80. The summed E-state index contributed by atoms with van der Waals surface area (Å²) in [6.07, 6.45) is 9.07. The van der Waals surface area contributed by atoms with E-state index in [0.29, 0.717) is 0 Å². The standard InChI is InChI=1S/C11H20/c1-3-9-8-10-6-5-7-11(9,10)4-2/h9-10H,3-8H2,1-2H3. The van der Waals surface area contributed by atoms with Crippen molar-refractivity contribution in [2.24, 2.45) is 17.3 Å². The van der Waals surface area contributed by atoms with E-state index in [-0.39, 0.29) is 0 Å². The number of rotatable bonds is 2. The van der Waals surface area contributed by atoms with Gasteiger partial charge in [0.1, 0.15) is 0 Å². The van der Waals surface area contributed by atoms with E-state index in [9.17, 15) is 0 Å². The molecule has 0 nitrogen and oxygen atoms in total. The van der Waals surface area contributed by atoms with Gasteiger partial charge < -0.3 is 0 Å². The second-order valence-corrected chi connectivity index (χ2v) is 4.52. The third-order valence-corrected chi connectivity index (χ3v) is 4.54. The second-order valence-electron chi connectivity index (χ2n) is 4.52. The van der Waals surface area contributed by atoms with Gasteiger partial charge in [0.25, 0.3) is 0 Å². The molecule has 0 amide bonds. The molecule has 0 aromatic heterocycles. The summed E-state index contributed by atoms with van der Waals surface area (Å²) in [6, 6.07) is 0. The Balaban J connectivity index is 2.10. The molecular formula is C11H20. The zero-order chi connectivity index (χ0) is 7.90. The smallest absolute Gasteiger partial charge is 0.0243 e. The minimum Gasteiger partial charge on any atom is -0.0651 e. The highest BCUT2D eigenvalue weighted by molar-refractivity contribution is 5.04. The molecule has 0 heteroatoms. The van der Waals surface area contributed by atoms with Gasteiger partial charge in [-0.1, -0.05) is 26.7 Å². The Morgan fingerprint density at radius 1 is 1.36 bits per heavy atom. The molecule has 0 aromatic carbocycles. The summed E-state index contributed by atoms with van der Waals surface area (Å²) in [5, 5.41) is 0. The molecule has 3 unspecified atom stereocenters. The largest absolute Gasteiger partial charge is 0.0651 e. The molecule has 2 aliphatic rings. The zero-order valence-corrected chi connectivity index (χ0v) is 7.90. The lowest BCUT2D eigenvalue weighted by Gasteiger charge is -2.53. The van der Waals surface area contributed by atoms with Crippen LogP contribution in [-0.4, -0.2) is 0 Å². The Morgan fingerprint density at radius 2 is 2.18 bits per heavy atom. The van der Waals surface area contributed by atoms with Crippen molar-refractivity contribution in [2.45, 2.75) is 52.4 Å². The summed E-state index contributed by atoms with van der Waals surface area (Å²) in [6.45, 7) is 4.77. The first-order valence-electron chi connectivity index (χ1n) is 5.33. The Labute approximate surface area is 70.4 Å². The van der Waals surface area contributed by atoms with Gasteiger partial charge in [-0.25, -0.2) is 0 Å². The van der Waals surface area contributed by atoms with Crippen LogP contribution in [0.25, 0.3) is 0 Å². The fraction of sp³-hybridized carbons (Fsp3) is 1.00. The van der Waals surface area contributed by atoms with Crippen molar-refractivity contribution >= 4 is 0 Å². The quantitative estimate of drug-likeness (QED) is 0.567. The molecule has 0 saturated heterocycles. The molecule has 0 aromatic rings. The first-order chi connectivity index (χ1) is 5.33. The van der Waals surface area contributed by atoms with Gasteiger partial charge in [0.15, 0.2) is 0 Å². The fourth-order valence-corrected chi connectivity index (χ4v) is 3.80. The van der Waals surface area contributed by atoms with Gasteiger partial charge in [-0.3, -0.25) is 0 Å². The van der Waals surface area contributed by atoms with Crippen LogP contribution in [0, 0.1) is 17.3 Å². The Morgan fingerprint density at radius 3 is 2.73 bits per heavy atom. The molecule has 2 rings (SSSR count). The van der Waals surface area contributed by atoms with Crippen LogP contribution in [0.15, 0.2) is 0 Å². The topological polar surface area (TPSA) is 0 Å². The maximum absolute atomic E-state index is 2.40. The van der Waals surface area contributed by atoms with Crippen molar-refractivity contribution in [3.63, 3.8) is 0 Å². The SMILES string of the molecule is CCC1CC2CCCC12CC. The average molecular weight is 152 g/mol. The first-order valence-corrected chi connectivity index (χ1v) is 5.33. The average Bonchev–Trinajstić information content (AvgIpc) is 2.31. The highest BCUT2D eigenvalue weighted by atomic mass is 14.6. The first kappa shape index (κ1) is 7.64. The van der Waals surface area contributed by atoms with Gasteiger partial charge in [-0.15, -0.1) is 0 Å². The predicted octanol–water partition coefficient (Wildman–Crippen LogP) is 3.61. The molecular weight excluding hydrogens is 132 g/mol.